The van der Waals surface area contributed by atoms with Crippen LogP contribution in [0.4, 0.5) is 5.82 Å². The molecule has 1 aliphatic heterocycles. The van der Waals surface area contributed by atoms with Crippen LogP contribution in [-0.4, -0.2) is 53.1 Å². The molecule has 1 unspecified atom stereocenters. The van der Waals surface area contributed by atoms with E-state index in [9.17, 15) is 4.79 Å². The third kappa shape index (κ3) is 5.31. The van der Waals surface area contributed by atoms with E-state index < -0.39 is 0 Å². The summed E-state index contributed by atoms with van der Waals surface area (Å²) in [7, 11) is 0. The Morgan fingerprint density at radius 1 is 1.03 bits per heavy atom. The van der Waals surface area contributed by atoms with Gasteiger partial charge in [0.2, 0.25) is 5.88 Å². The van der Waals surface area contributed by atoms with E-state index in [-0.39, 0.29) is 18.6 Å². The largest absolute Gasteiger partial charge is 0.484 e. The van der Waals surface area contributed by atoms with Crippen LogP contribution < -0.4 is 14.4 Å². The van der Waals surface area contributed by atoms with Crippen LogP contribution in [0.15, 0.2) is 67.0 Å². The number of amides is 1. The number of rotatable bonds is 6. The first-order chi connectivity index (χ1) is 15.1. The van der Waals surface area contributed by atoms with Crippen molar-refractivity contribution in [3.8, 4) is 17.4 Å². The van der Waals surface area contributed by atoms with Crippen molar-refractivity contribution in [1.29, 1.82) is 0 Å². The Hall–Kier alpha value is -3.61. The molecule has 0 saturated carbocycles. The van der Waals surface area contributed by atoms with Crippen molar-refractivity contribution in [3.63, 3.8) is 0 Å². The van der Waals surface area contributed by atoms with Crippen LogP contribution in [0, 0.1) is 6.92 Å². The van der Waals surface area contributed by atoms with Crippen LogP contribution in [0.1, 0.15) is 12.5 Å². The van der Waals surface area contributed by atoms with Gasteiger partial charge in [-0.15, -0.1) is 0 Å². The van der Waals surface area contributed by atoms with Crippen LogP contribution in [0.5, 0.6) is 17.4 Å². The van der Waals surface area contributed by atoms with Crippen molar-refractivity contribution < 1.29 is 14.3 Å². The molecule has 1 fully saturated rings. The summed E-state index contributed by atoms with van der Waals surface area (Å²) in [5.41, 5.74) is 1.12. The van der Waals surface area contributed by atoms with Crippen LogP contribution in [-0.2, 0) is 4.79 Å². The maximum atomic E-state index is 12.6. The summed E-state index contributed by atoms with van der Waals surface area (Å²) in [6.07, 6.45) is 1.51. The molecule has 160 valence electrons. The van der Waals surface area contributed by atoms with Crippen molar-refractivity contribution >= 4 is 11.7 Å². The minimum absolute atomic E-state index is 0.0119. The van der Waals surface area contributed by atoms with Crippen molar-refractivity contribution in [1.82, 2.24) is 14.9 Å². The lowest BCUT2D eigenvalue weighted by atomic mass is 10.2. The number of anilines is 1. The van der Waals surface area contributed by atoms with E-state index in [1.807, 2.05) is 79.4 Å². The Morgan fingerprint density at radius 3 is 2.61 bits per heavy atom. The van der Waals surface area contributed by atoms with Gasteiger partial charge in [0.05, 0.1) is 0 Å². The molecular weight excluding hydrogens is 392 g/mol. The number of benzene rings is 2. The van der Waals surface area contributed by atoms with Gasteiger partial charge in [-0.3, -0.25) is 4.79 Å². The van der Waals surface area contributed by atoms with Crippen LogP contribution in [0.3, 0.4) is 0 Å². The quantitative estimate of drug-likeness (QED) is 0.608. The summed E-state index contributed by atoms with van der Waals surface area (Å²) in [6.45, 7) is 6.07. The first kappa shape index (κ1) is 20.7. The number of aryl methyl sites for hydroxylation is 1. The van der Waals surface area contributed by atoms with Gasteiger partial charge in [-0.1, -0.05) is 30.3 Å². The normalized spacial score (nSPS) is 16.1. The number of ether oxygens (including phenoxy) is 2. The second-order valence-electron chi connectivity index (χ2n) is 7.62. The van der Waals surface area contributed by atoms with E-state index in [0.29, 0.717) is 31.3 Å². The minimum atomic E-state index is -0.0119. The number of hydrogen-bond donors (Lipinski definition) is 0. The minimum Gasteiger partial charge on any atom is -0.484 e. The summed E-state index contributed by atoms with van der Waals surface area (Å²) < 4.78 is 11.5. The summed E-state index contributed by atoms with van der Waals surface area (Å²) in [5, 5.41) is 0. The Morgan fingerprint density at radius 2 is 1.84 bits per heavy atom. The van der Waals surface area contributed by atoms with Crippen molar-refractivity contribution in [2.45, 2.75) is 19.9 Å². The van der Waals surface area contributed by atoms with Gasteiger partial charge in [0.25, 0.3) is 5.91 Å². The molecule has 2 aromatic carbocycles. The third-order valence-corrected chi connectivity index (χ3v) is 5.22. The molecule has 0 aliphatic carbocycles. The van der Waals surface area contributed by atoms with E-state index in [4.69, 9.17) is 9.47 Å². The van der Waals surface area contributed by atoms with Crippen LogP contribution >= 0.6 is 0 Å². The van der Waals surface area contributed by atoms with Gasteiger partial charge in [-0.05, 0) is 43.7 Å². The molecule has 2 heterocycles. The predicted octanol–water partition coefficient (Wildman–Crippen LogP) is 3.69. The Bertz CT molecular complexity index is 1030. The molecule has 1 atom stereocenters. The van der Waals surface area contributed by atoms with Crippen LogP contribution in [0.2, 0.25) is 0 Å². The fraction of sp³-hybridized carbons (Fsp3) is 0.292. The number of piperazine rings is 1. The zero-order valence-corrected chi connectivity index (χ0v) is 17.8. The molecule has 3 aromatic rings. The molecule has 1 saturated heterocycles. The highest BCUT2D eigenvalue weighted by Crippen LogP contribution is 2.24. The third-order valence-electron chi connectivity index (χ3n) is 5.22. The Kier molecular flexibility index (Phi) is 6.31. The molecule has 0 bridgehead atoms. The lowest BCUT2D eigenvalue weighted by Gasteiger charge is -2.40. The van der Waals surface area contributed by atoms with Gasteiger partial charge in [0.15, 0.2) is 6.61 Å². The van der Waals surface area contributed by atoms with Crippen molar-refractivity contribution in [2.24, 2.45) is 0 Å². The maximum Gasteiger partial charge on any atom is 0.260 e. The first-order valence-corrected chi connectivity index (χ1v) is 10.4. The van der Waals surface area contributed by atoms with E-state index in [1.54, 1.807) is 0 Å². The number of aromatic nitrogens is 2. The highest BCUT2D eigenvalue weighted by molar-refractivity contribution is 5.78. The van der Waals surface area contributed by atoms with E-state index >= 15 is 0 Å². The number of carbonyl (C=O) groups is 1. The zero-order valence-electron chi connectivity index (χ0n) is 17.8. The summed E-state index contributed by atoms with van der Waals surface area (Å²) >= 11 is 0. The molecule has 1 aliphatic rings. The zero-order chi connectivity index (χ0) is 21.6. The van der Waals surface area contributed by atoms with E-state index in [1.165, 1.54) is 6.33 Å². The van der Waals surface area contributed by atoms with Gasteiger partial charge in [0.1, 0.15) is 23.6 Å². The smallest absolute Gasteiger partial charge is 0.260 e. The standard InChI is InChI=1S/C24H26N4O3/c1-18-7-6-10-21(13-18)31-23-14-22(25-17-26-23)27-11-12-28(19(2)15-27)24(29)16-30-20-8-4-3-5-9-20/h3-10,13-14,17,19H,11-12,15-16H2,1-2H3. The lowest BCUT2D eigenvalue weighted by molar-refractivity contribution is -0.135. The average molecular weight is 418 g/mol. The molecule has 7 heteroatoms. The fourth-order valence-electron chi connectivity index (χ4n) is 3.64. The van der Waals surface area contributed by atoms with Crippen molar-refractivity contribution in [3.05, 3.63) is 72.6 Å². The molecule has 7 nitrogen and oxygen atoms in total. The second kappa shape index (κ2) is 9.47. The Labute approximate surface area is 182 Å². The number of hydrogen-bond acceptors (Lipinski definition) is 6. The first-order valence-electron chi connectivity index (χ1n) is 10.4. The topological polar surface area (TPSA) is 67.8 Å². The van der Waals surface area contributed by atoms with Gasteiger partial charge in [-0.2, -0.15) is 0 Å². The van der Waals surface area contributed by atoms with Crippen LogP contribution in [0.25, 0.3) is 0 Å². The van der Waals surface area contributed by atoms with Crippen molar-refractivity contribution in [2.75, 3.05) is 31.1 Å². The molecule has 4 rings (SSSR count). The Balaban J connectivity index is 1.35. The van der Waals surface area contributed by atoms with Gasteiger partial charge >= 0.3 is 0 Å². The molecule has 0 radical (unpaired) electrons. The molecule has 31 heavy (non-hydrogen) atoms. The highest BCUT2D eigenvalue weighted by Gasteiger charge is 2.28. The molecule has 0 spiro atoms. The maximum absolute atomic E-state index is 12.6. The summed E-state index contributed by atoms with van der Waals surface area (Å²) in [4.78, 5) is 25.3. The molecule has 0 N–H and O–H groups in total. The van der Waals surface area contributed by atoms with Gasteiger partial charge < -0.3 is 19.3 Å². The molecule has 1 aromatic heterocycles. The number of carbonyl (C=O) groups excluding carboxylic acids is 1. The van der Waals surface area contributed by atoms with E-state index in [2.05, 4.69) is 14.9 Å². The average Bonchev–Trinajstić information content (AvgIpc) is 2.78. The SMILES string of the molecule is Cc1cccc(Oc2cc(N3CCN(C(=O)COc4ccccc4)C(C)C3)ncn2)c1. The summed E-state index contributed by atoms with van der Waals surface area (Å²) in [6, 6.07) is 19.1. The monoisotopic (exact) mass is 418 g/mol. The van der Waals surface area contributed by atoms with Gasteiger partial charge in [-0.25, -0.2) is 9.97 Å². The predicted molar refractivity (Wildman–Crippen MR) is 119 cm³/mol. The highest BCUT2D eigenvalue weighted by atomic mass is 16.5. The lowest BCUT2D eigenvalue weighted by Crippen LogP contribution is -2.55. The van der Waals surface area contributed by atoms with E-state index in [0.717, 1.165) is 17.1 Å². The molecular formula is C24H26N4O3. The fourth-order valence-corrected chi connectivity index (χ4v) is 3.64. The summed E-state index contributed by atoms with van der Waals surface area (Å²) in [5.74, 6) is 2.72. The van der Waals surface area contributed by atoms with Gasteiger partial charge in [0, 0.05) is 31.7 Å². The second-order valence-corrected chi connectivity index (χ2v) is 7.62. The number of para-hydroxylation sites is 1. The number of nitrogens with zero attached hydrogens (tertiary/aromatic N) is 4. The molecule has 1 amide bonds.